The molecule has 1 fully saturated rings. The molecule has 2 atom stereocenters. The standard InChI is InChI=1S/C12H23NO4S/c1-12(2,3)17-11(14)13-8-6-7-10(13)9-16-18(4,5)15/h10H,4,6-9H2,1-3,5H3/t10-,18?/m1/s1. The monoisotopic (exact) mass is 277 g/mol. The summed E-state index contributed by atoms with van der Waals surface area (Å²) in [6.45, 7) is 6.41. The van der Waals surface area contributed by atoms with E-state index < -0.39 is 15.4 Å². The van der Waals surface area contributed by atoms with Gasteiger partial charge in [-0.3, -0.25) is 4.18 Å². The van der Waals surface area contributed by atoms with E-state index in [1.54, 1.807) is 4.90 Å². The SMILES string of the molecule is C=S(C)(=O)OC[C@H]1CCCN1C(=O)OC(C)(C)C. The van der Waals surface area contributed by atoms with Gasteiger partial charge in [-0.25, -0.2) is 9.00 Å². The maximum atomic E-state index is 12.0. The second kappa shape index (κ2) is 5.48. The molecule has 1 rings (SSSR count). The van der Waals surface area contributed by atoms with E-state index in [2.05, 4.69) is 5.87 Å². The van der Waals surface area contributed by atoms with Gasteiger partial charge in [-0.05, 0) is 39.5 Å². The first-order valence-corrected chi connectivity index (χ1v) is 8.11. The zero-order valence-electron chi connectivity index (χ0n) is 11.6. The smallest absolute Gasteiger partial charge is 0.410 e. The Labute approximate surface area is 110 Å². The molecule has 0 saturated carbocycles. The summed E-state index contributed by atoms with van der Waals surface area (Å²) in [5.41, 5.74) is -0.504. The molecule has 0 bridgehead atoms. The molecular formula is C12H23NO4S. The van der Waals surface area contributed by atoms with Crippen molar-refractivity contribution in [3.63, 3.8) is 0 Å². The minimum absolute atomic E-state index is 0.0672. The van der Waals surface area contributed by atoms with Gasteiger partial charge in [-0.1, -0.05) is 0 Å². The van der Waals surface area contributed by atoms with Crippen molar-refractivity contribution < 1.29 is 17.9 Å². The Bertz CT molecular complexity index is 397. The molecule has 0 aromatic carbocycles. The largest absolute Gasteiger partial charge is 0.444 e. The van der Waals surface area contributed by atoms with Crippen molar-refractivity contribution >= 4 is 21.8 Å². The molecule has 0 aromatic rings. The van der Waals surface area contributed by atoms with Crippen molar-refractivity contribution in [1.29, 1.82) is 0 Å². The molecule has 0 radical (unpaired) electrons. The molecule has 1 unspecified atom stereocenters. The van der Waals surface area contributed by atoms with Crippen LogP contribution in [0.3, 0.4) is 0 Å². The predicted octanol–water partition coefficient (Wildman–Crippen LogP) is 1.66. The molecule has 5 nitrogen and oxygen atoms in total. The van der Waals surface area contributed by atoms with Crippen LogP contribution in [0.1, 0.15) is 33.6 Å². The molecule has 0 N–H and O–H groups in total. The molecule has 1 saturated heterocycles. The van der Waals surface area contributed by atoms with Crippen LogP contribution in [0.2, 0.25) is 0 Å². The fourth-order valence-electron chi connectivity index (χ4n) is 1.79. The van der Waals surface area contributed by atoms with Gasteiger partial charge in [-0.15, -0.1) is 0 Å². The lowest BCUT2D eigenvalue weighted by molar-refractivity contribution is 0.0191. The van der Waals surface area contributed by atoms with Crippen LogP contribution in [0, 0.1) is 0 Å². The van der Waals surface area contributed by atoms with Gasteiger partial charge in [0.05, 0.1) is 22.5 Å². The summed E-state index contributed by atoms with van der Waals surface area (Å²) in [7, 11) is -2.47. The Hall–Kier alpha value is -0.750. The van der Waals surface area contributed by atoms with Crippen molar-refractivity contribution in [2.75, 3.05) is 19.4 Å². The second-order valence-electron chi connectivity index (χ2n) is 5.68. The highest BCUT2D eigenvalue weighted by Crippen LogP contribution is 2.21. The van der Waals surface area contributed by atoms with Gasteiger partial charge in [0.2, 0.25) is 0 Å². The average Bonchev–Trinajstić information content (AvgIpc) is 2.58. The number of carbonyl (C=O) groups is 1. The van der Waals surface area contributed by atoms with Crippen LogP contribution >= 0.6 is 0 Å². The highest BCUT2D eigenvalue weighted by atomic mass is 32.2. The number of nitrogens with zero attached hydrogens (tertiary/aromatic N) is 1. The van der Waals surface area contributed by atoms with Crippen LogP contribution in [0.5, 0.6) is 0 Å². The highest BCUT2D eigenvalue weighted by Gasteiger charge is 2.32. The van der Waals surface area contributed by atoms with Gasteiger partial charge in [0.25, 0.3) is 0 Å². The molecule has 106 valence electrons. The quantitative estimate of drug-likeness (QED) is 0.736. The summed E-state index contributed by atoms with van der Waals surface area (Å²) in [6.07, 6.45) is 2.87. The van der Waals surface area contributed by atoms with Crippen molar-refractivity contribution in [3.05, 3.63) is 0 Å². The molecular weight excluding hydrogens is 254 g/mol. The van der Waals surface area contributed by atoms with Crippen LogP contribution in [0.25, 0.3) is 0 Å². The van der Waals surface area contributed by atoms with Crippen LogP contribution < -0.4 is 0 Å². The number of hydrogen-bond acceptors (Lipinski definition) is 4. The first kappa shape index (κ1) is 15.3. The van der Waals surface area contributed by atoms with Gasteiger partial charge in [0, 0.05) is 12.8 Å². The van der Waals surface area contributed by atoms with Gasteiger partial charge < -0.3 is 9.64 Å². The van der Waals surface area contributed by atoms with Gasteiger partial charge in [0.1, 0.15) is 5.60 Å². The number of carbonyl (C=O) groups excluding carboxylic acids is 1. The average molecular weight is 277 g/mol. The molecule has 0 aromatic heterocycles. The van der Waals surface area contributed by atoms with E-state index in [-0.39, 0.29) is 18.7 Å². The van der Waals surface area contributed by atoms with E-state index in [1.165, 1.54) is 6.26 Å². The summed E-state index contributed by atoms with van der Waals surface area (Å²) >= 11 is 0. The third-order valence-electron chi connectivity index (χ3n) is 2.51. The Kier molecular flexibility index (Phi) is 4.66. The zero-order chi connectivity index (χ0) is 14.0. The summed E-state index contributed by atoms with van der Waals surface area (Å²) < 4.78 is 21.9. The van der Waals surface area contributed by atoms with Gasteiger partial charge in [-0.2, -0.15) is 0 Å². The molecule has 1 aliphatic heterocycles. The molecule has 1 aliphatic rings. The van der Waals surface area contributed by atoms with Crippen LogP contribution in [-0.4, -0.2) is 52.1 Å². The fraction of sp³-hybridized carbons (Fsp3) is 0.833. The van der Waals surface area contributed by atoms with E-state index in [0.717, 1.165) is 12.8 Å². The Morgan fingerprint density at radius 3 is 2.61 bits per heavy atom. The lowest BCUT2D eigenvalue weighted by atomic mass is 10.2. The van der Waals surface area contributed by atoms with E-state index in [4.69, 9.17) is 8.92 Å². The molecule has 0 spiro atoms. The third kappa shape index (κ3) is 5.27. The van der Waals surface area contributed by atoms with Gasteiger partial charge in [0.15, 0.2) is 0 Å². The number of rotatable bonds is 3. The Balaban J connectivity index is 2.57. The first-order chi connectivity index (χ1) is 8.08. The van der Waals surface area contributed by atoms with Crippen LogP contribution in [-0.2, 0) is 18.7 Å². The van der Waals surface area contributed by atoms with E-state index in [1.807, 2.05) is 20.8 Å². The molecule has 0 aliphatic carbocycles. The van der Waals surface area contributed by atoms with E-state index in [9.17, 15) is 9.00 Å². The number of likely N-dealkylation sites (tertiary alicyclic amines) is 1. The highest BCUT2D eigenvalue weighted by molar-refractivity contribution is 7.95. The van der Waals surface area contributed by atoms with Gasteiger partial charge >= 0.3 is 6.09 Å². The first-order valence-electron chi connectivity index (χ1n) is 6.05. The summed E-state index contributed by atoms with van der Waals surface area (Å²) in [5, 5.41) is 0. The topological polar surface area (TPSA) is 55.8 Å². The minimum atomic E-state index is -2.47. The predicted molar refractivity (Wildman–Crippen MR) is 73.1 cm³/mol. The second-order valence-corrected chi connectivity index (χ2v) is 7.77. The van der Waals surface area contributed by atoms with Crippen molar-refractivity contribution in [3.8, 4) is 0 Å². The van der Waals surface area contributed by atoms with Crippen LogP contribution in [0.4, 0.5) is 4.79 Å². The maximum Gasteiger partial charge on any atom is 0.410 e. The zero-order valence-corrected chi connectivity index (χ0v) is 12.4. The molecule has 6 heteroatoms. The summed E-state index contributed by atoms with van der Waals surface area (Å²) in [4.78, 5) is 13.6. The number of ether oxygens (including phenoxy) is 1. The molecule has 18 heavy (non-hydrogen) atoms. The van der Waals surface area contributed by atoms with Crippen molar-refractivity contribution in [2.45, 2.75) is 45.3 Å². The van der Waals surface area contributed by atoms with E-state index in [0.29, 0.717) is 6.54 Å². The Morgan fingerprint density at radius 2 is 2.11 bits per heavy atom. The Morgan fingerprint density at radius 1 is 1.50 bits per heavy atom. The number of hydrogen-bond donors (Lipinski definition) is 0. The molecule has 1 amide bonds. The van der Waals surface area contributed by atoms with Crippen molar-refractivity contribution in [2.24, 2.45) is 0 Å². The number of amides is 1. The van der Waals surface area contributed by atoms with Crippen molar-refractivity contribution in [1.82, 2.24) is 4.90 Å². The molecule has 1 heterocycles. The summed E-state index contributed by atoms with van der Waals surface area (Å²) in [5.74, 6) is 3.43. The van der Waals surface area contributed by atoms with Crippen LogP contribution in [0.15, 0.2) is 0 Å². The lowest BCUT2D eigenvalue weighted by Crippen LogP contribution is -2.42. The normalized spacial score (nSPS) is 23.8. The maximum absolute atomic E-state index is 12.0. The minimum Gasteiger partial charge on any atom is -0.444 e. The third-order valence-corrected chi connectivity index (χ3v) is 3.15. The summed E-state index contributed by atoms with van der Waals surface area (Å²) in [6, 6.07) is -0.0672. The fourth-order valence-corrected chi connectivity index (χ4v) is 2.24. The van der Waals surface area contributed by atoms with E-state index >= 15 is 0 Å². The lowest BCUT2D eigenvalue weighted by Gasteiger charge is -2.28.